The van der Waals surface area contributed by atoms with Gasteiger partial charge in [-0.1, -0.05) is 36.6 Å². The van der Waals surface area contributed by atoms with Crippen LogP contribution in [0.2, 0.25) is 0 Å². The van der Waals surface area contributed by atoms with Crippen LogP contribution in [0.3, 0.4) is 0 Å². The Morgan fingerprint density at radius 1 is 1.13 bits per heavy atom. The molecule has 2 aliphatic rings. The number of nitrogens with one attached hydrogen (secondary N) is 1. The monoisotopic (exact) mass is 446 g/mol. The minimum atomic E-state index is -3.75. The molecule has 9 heteroatoms. The van der Waals surface area contributed by atoms with Gasteiger partial charge in [0.25, 0.3) is 0 Å². The van der Waals surface area contributed by atoms with E-state index in [1.54, 1.807) is 32.0 Å². The first-order valence-corrected chi connectivity index (χ1v) is 12.5. The number of amides is 1. The minimum Gasteiger partial charge on any atom is -0.353 e. The van der Waals surface area contributed by atoms with Crippen molar-refractivity contribution in [1.29, 1.82) is 0 Å². The molecule has 168 valence electrons. The average Bonchev–Trinajstić information content (AvgIpc) is 3.21. The standard InChI is InChI=1S/C22H30N4O4S/c1-15-10-11-17(21-23-16(2)30-25-21)13-20(15)31(28,29)26-12-6-7-18(14-26)22(27)24-19-8-4-3-5-9-19/h10-11,13,18-19H,3-9,12,14H2,1-2H3,(H,24,27). The molecule has 4 rings (SSSR count). The van der Waals surface area contributed by atoms with Gasteiger partial charge in [0.05, 0.1) is 10.8 Å². The van der Waals surface area contributed by atoms with Gasteiger partial charge in [-0.2, -0.15) is 9.29 Å². The van der Waals surface area contributed by atoms with Crippen molar-refractivity contribution in [3.8, 4) is 11.4 Å². The van der Waals surface area contributed by atoms with Crippen LogP contribution >= 0.6 is 0 Å². The highest BCUT2D eigenvalue weighted by molar-refractivity contribution is 7.89. The molecule has 1 atom stereocenters. The summed E-state index contributed by atoms with van der Waals surface area (Å²) in [5, 5.41) is 7.05. The SMILES string of the molecule is Cc1nc(-c2ccc(C)c(S(=O)(=O)N3CCCC(C(=O)NC4CCCCC4)C3)c2)no1. The predicted molar refractivity (Wildman–Crippen MR) is 116 cm³/mol. The molecular weight excluding hydrogens is 416 g/mol. The zero-order valence-electron chi connectivity index (χ0n) is 18.1. The normalized spacial score (nSPS) is 21.2. The summed E-state index contributed by atoms with van der Waals surface area (Å²) in [5.41, 5.74) is 1.24. The molecule has 0 spiro atoms. The average molecular weight is 447 g/mol. The minimum absolute atomic E-state index is 0.0143. The zero-order chi connectivity index (χ0) is 22.0. The molecule has 0 radical (unpaired) electrons. The van der Waals surface area contributed by atoms with E-state index >= 15 is 0 Å². The van der Waals surface area contributed by atoms with Gasteiger partial charge in [-0.3, -0.25) is 4.79 Å². The molecule has 1 saturated carbocycles. The van der Waals surface area contributed by atoms with Gasteiger partial charge in [0.15, 0.2) is 0 Å². The summed E-state index contributed by atoms with van der Waals surface area (Å²) in [5.74, 6) is 0.452. The summed E-state index contributed by atoms with van der Waals surface area (Å²) in [6, 6.07) is 5.37. The third-order valence-corrected chi connectivity index (χ3v) is 8.31. The van der Waals surface area contributed by atoms with Crippen molar-refractivity contribution in [2.75, 3.05) is 13.1 Å². The number of benzene rings is 1. The molecule has 2 aromatic rings. The van der Waals surface area contributed by atoms with Gasteiger partial charge in [0.2, 0.25) is 27.6 Å². The van der Waals surface area contributed by atoms with E-state index in [1.165, 1.54) is 10.7 Å². The van der Waals surface area contributed by atoms with Crippen molar-refractivity contribution in [1.82, 2.24) is 19.8 Å². The van der Waals surface area contributed by atoms with E-state index in [4.69, 9.17) is 4.52 Å². The lowest BCUT2D eigenvalue weighted by atomic mass is 9.93. The molecule has 2 heterocycles. The second-order valence-electron chi connectivity index (χ2n) is 8.66. The van der Waals surface area contributed by atoms with Gasteiger partial charge in [-0.05, 0) is 44.2 Å². The predicted octanol–water partition coefficient (Wildman–Crippen LogP) is 3.20. The first-order chi connectivity index (χ1) is 14.8. The number of nitrogens with zero attached hydrogens (tertiary/aromatic N) is 3. The van der Waals surface area contributed by atoms with Gasteiger partial charge in [-0.15, -0.1) is 0 Å². The van der Waals surface area contributed by atoms with E-state index < -0.39 is 10.0 Å². The number of aryl methyl sites for hydroxylation is 2. The number of sulfonamides is 1. The number of carbonyl (C=O) groups excluding carboxylic acids is 1. The van der Waals surface area contributed by atoms with E-state index in [0.29, 0.717) is 42.2 Å². The van der Waals surface area contributed by atoms with E-state index in [2.05, 4.69) is 15.5 Å². The van der Waals surface area contributed by atoms with Crippen molar-refractivity contribution in [3.05, 3.63) is 29.7 Å². The molecule has 1 amide bonds. The number of hydrogen-bond acceptors (Lipinski definition) is 6. The van der Waals surface area contributed by atoms with Crippen LogP contribution in [-0.2, 0) is 14.8 Å². The fourth-order valence-electron chi connectivity index (χ4n) is 4.51. The highest BCUT2D eigenvalue weighted by Crippen LogP contribution is 2.29. The molecule has 1 unspecified atom stereocenters. The van der Waals surface area contributed by atoms with Gasteiger partial charge >= 0.3 is 0 Å². The van der Waals surface area contributed by atoms with Crippen LogP contribution in [0.25, 0.3) is 11.4 Å². The molecule has 1 aliphatic carbocycles. The molecule has 1 aliphatic heterocycles. The van der Waals surface area contributed by atoms with E-state index in [0.717, 1.165) is 25.7 Å². The van der Waals surface area contributed by atoms with Crippen LogP contribution in [-0.4, -0.2) is 47.9 Å². The number of rotatable bonds is 5. The highest BCUT2D eigenvalue weighted by Gasteiger charge is 2.35. The highest BCUT2D eigenvalue weighted by atomic mass is 32.2. The Kier molecular flexibility index (Phi) is 6.43. The molecule has 0 bridgehead atoms. The first-order valence-electron chi connectivity index (χ1n) is 11.1. The summed E-state index contributed by atoms with van der Waals surface area (Å²) in [6.07, 6.45) is 6.93. The van der Waals surface area contributed by atoms with Gasteiger partial charge in [-0.25, -0.2) is 8.42 Å². The summed E-state index contributed by atoms with van der Waals surface area (Å²) in [6.45, 7) is 4.09. The molecule has 2 fully saturated rings. The van der Waals surface area contributed by atoms with Crippen LogP contribution in [0, 0.1) is 19.8 Å². The maximum Gasteiger partial charge on any atom is 0.243 e. The van der Waals surface area contributed by atoms with Gasteiger partial charge < -0.3 is 9.84 Å². The fraction of sp³-hybridized carbons (Fsp3) is 0.591. The van der Waals surface area contributed by atoms with E-state index in [-0.39, 0.29) is 29.3 Å². The number of aromatic nitrogens is 2. The van der Waals surface area contributed by atoms with Crippen molar-refractivity contribution in [2.45, 2.75) is 69.7 Å². The fourth-order valence-corrected chi connectivity index (χ4v) is 6.29. The largest absolute Gasteiger partial charge is 0.353 e. The van der Waals surface area contributed by atoms with Crippen molar-refractivity contribution >= 4 is 15.9 Å². The maximum absolute atomic E-state index is 13.5. The molecule has 1 aromatic heterocycles. The molecule has 1 N–H and O–H groups in total. The maximum atomic E-state index is 13.5. The number of carbonyl (C=O) groups is 1. The number of piperidine rings is 1. The number of hydrogen-bond donors (Lipinski definition) is 1. The Bertz CT molecular complexity index is 1040. The Morgan fingerprint density at radius 2 is 1.90 bits per heavy atom. The molecule has 8 nitrogen and oxygen atoms in total. The second-order valence-corrected chi connectivity index (χ2v) is 10.6. The lowest BCUT2D eigenvalue weighted by Gasteiger charge is -2.33. The molecule has 1 aromatic carbocycles. The van der Waals surface area contributed by atoms with Gasteiger partial charge in [0, 0.05) is 31.6 Å². The van der Waals surface area contributed by atoms with Crippen LogP contribution in [0.5, 0.6) is 0 Å². The Labute approximate surface area is 183 Å². The Morgan fingerprint density at radius 3 is 2.61 bits per heavy atom. The summed E-state index contributed by atoms with van der Waals surface area (Å²) < 4.78 is 33.5. The van der Waals surface area contributed by atoms with Crippen LogP contribution < -0.4 is 5.32 Å². The summed E-state index contributed by atoms with van der Waals surface area (Å²) in [7, 11) is -3.75. The molecular formula is C22H30N4O4S. The molecule has 31 heavy (non-hydrogen) atoms. The van der Waals surface area contributed by atoms with Crippen LogP contribution in [0.4, 0.5) is 0 Å². The third-order valence-electron chi connectivity index (χ3n) is 6.30. The van der Waals surface area contributed by atoms with Crippen molar-refractivity contribution < 1.29 is 17.7 Å². The summed E-state index contributed by atoms with van der Waals surface area (Å²) >= 11 is 0. The quantitative estimate of drug-likeness (QED) is 0.756. The lowest BCUT2D eigenvalue weighted by molar-refractivity contribution is -0.127. The third kappa shape index (κ3) is 4.82. The van der Waals surface area contributed by atoms with Crippen LogP contribution in [0.1, 0.15) is 56.4 Å². The molecule has 1 saturated heterocycles. The first kappa shape index (κ1) is 22.0. The van der Waals surface area contributed by atoms with Crippen molar-refractivity contribution in [3.63, 3.8) is 0 Å². The van der Waals surface area contributed by atoms with Gasteiger partial charge in [0.1, 0.15) is 0 Å². The van der Waals surface area contributed by atoms with Crippen LogP contribution in [0.15, 0.2) is 27.6 Å². The zero-order valence-corrected chi connectivity index (χ0v) is 19.0. The Balaban J connectivity index is 1.52. The van der Waals surface area contributed by atoms with E-state index in [9.17, 15) is 13.2 Å². The summed E-state index contributed by atoms with van der Waals surface area (Å²) in [4.78, 5) is 17.2. The lowest BCUT2D eigenvalue weighted by Crippen LogP contribution is -2.47. The van der Waals surface area contributed by atoms with E-state index in [1.807, 2.05) is 0 Å². The second kappa shape index (κ2) is 9.08. The van der Waals surface area contributed by atoms with Crippen molar-refractivity contribution in [2.24, 2.45) is 5.92 Å². The Hall–Kier alpha value is -2.26. The smallest absolute Gasteiger partial charge is 0.243 e. The topological polar surface area (TPSA) is 105 Å².